The van der Waals surface area contributed by atoms with Gasteiger partial charge in [0.25, 0.3) is 0 Å². The largest absolute Gasteiger partial charge is 0.275 e. The average molecular weight is 373 g/mol. The molecule has 0 saturated heterocycles. The number of benzene rings is 2. The molecule has 0 unspecified atom stereocenters. The first-order valence-corrected chi connectivity index (χ1v) is 10.0. The first-order valence-electron chi connectivity index (χ1n) is 10.0. The maximum Gasteiger partial charge on any atom is 0.0925 e. The van der Waals surface area contributed by atoms with Gasteiger partial charge in [0, 0.05) is 29.9 Å². The Morgan fingerprint density at radius 2 is 1.82 bits per heavy atom. The van der Waals surface area contributed by atoms with Crippen LogP contribution < -0.4 is 0 Å². The van der Waals surface area contributed by atoms with Crippen LogP contribution in [0.25, 0.3) is 16.5 Å². The molecule has 2 aromatic carbocycles. The fourth-order valence-corrected chi connectivity index (χ4v) is 2.99. The fraction of sp³-hybridized carbons (Fsp3) is 0.292. The first kappa shape index (κ1) is 19.7. The molecular weight excluding hydrogens is 344 g/mol. The van der Waals surface area contributed by atoms with Gasteiger partial charge < -0.3 is 0 Å². The highest BCUT2D eigenvalue weighted by atomic mass is 15.5. The molecule has 0 N–H and O–H groups in total. The van der Waals surface area contributed by atoms with Gasteiger partial charge in [0.05, 0.1) is 12.2 Å². The van der Waals surface area contributed by atoms with Gasteiger partial charge in [0.15, 0.2) is 0 Å². The molecule has 1 aliphatic rings. The SMILES string of the molecule is CCCCN1CC=C(c2ccc3cnccc3c2)N=N1.CCc1ccccc1. The summed E-state index contributed by atoms with van der Waals surface area (Å²) >= 11 is 0. The monoisotopic (exact) mass is 372 g/mol. The molecule has 28 heavy (non-hydrogen) atoms. The van der Waals surface area contributed by atoms with E-state index in [9.17, 15) is 0 Å². The summed E-state index contributed by atoms with van der Waals surface area (Å²) < 4.78 is 0. The van der Waals surface area contributed by atoms with Crippen molar-refractivity contribution in [3.63, 3.8) is 0 Å². The second-order valence-corrected chi connectivity index (χ2v) is 6.82. The molecule has 1 aromatic heterocycles. The third-order valence-electron chi connectivity index (χ3n) is 4.73. The molecule has 0 aliphatic carbocycles. The lowest BCUT2D eigenvalue weighted by atomic mass is 10.1. The zero-order chi connectivity index (χ0) is 19.6. The Bertz CT molecular complexity index is 932. The maximum absolute atomic E-state index is 4.34. The summed E-state index contributed by atoms with van der Waals surface area (Å²) in [6, 6.07) is 18.8. The third kappa shape index (κ3) is 5.49. The number of rotatable bonds is 5. The summed E-state index contributed by atoms with van der Waals surface area (Å²) in [6.45, 7) is 6.17. The Balaban J connectivity index is 0.000000236. The van der Waals surface area contributed by atoms with Crippen molar-refractivity contribution in [2.75, 3.05) is 13.1 Å². The Morgan fingerprint density at radius 1 is 0.964 bits per heavy atom. The Kier molecular flexibility index (Phi) is 7.30. The summed E-state index contributed by atoms with van der Waals surface area (Å²) in [4.78, 5) is 4.13. The number of aromatic nitrogens is 1. The summed E-state index contributed by atoms with van der Waals surface area (Å²) in [5.41, 5.74) is 3.48. The summed E-state index contributed by atoms with van der Waals surface area (Å²) in [5, 5.41) is 13.0. The predicted molar refractivity (Wildman–Crippen MR) is 117 cm³/mol. The molecule has 0 radical (unpaired) electrons. The van der Waals surface area contributed by atoms with E-state index < -0.39 is 0 Å². The molecule has 2 heterocycles. The topological polar surface area (TPSA) is 40.9 Å². The van der Waals surface area contributed by atoms with E-state index in [0.717, 1.165) is 42.6 Å². The zero-order valence-electron chi connectivity index (χ0n) is 16.8. The zero-order valence-corrected chi connectivity index (χ0v) is 16.8. The van der Waals surface area contributed by atoms with Crippen molar-refractivity contribution in [1.82, 2.24) is 9.99 Å². The maximum atomic E-state index is 4.34. The number of unbranched alkanes of at least 4 members (excludes halogenated alkanes) is 1. The van der Waals surface area contributed by atoms with E-state index >= 15 is 0 Å². The lowest BCUT2D eigenvalue weighted by Gasteiger charge is -2.19. The van der Waals surface area contributed by atoms with Crippen LogP contribution in [-0.2, 0) is 6.42 Å². The van der Waals surface area contributed by atoms with Crippen molar-refractivity contribution >= 4 is 16.5 Å². The normalized spacial score (nSPS) is 13.1. The van der Waals surface area contributed by atoms with Crippen molar-refractivity contribution in [2.45, 2.75) is 33.1 Å². The van der Waals surface area contributed by atoms with Crippen molar-refractivity contribution in [2.24, 2.45) is 10.3 Å². The van der Waals surface area contributed by atoms with Gasteiger partial charge in [-0.25, -0.2) is 0 Å². The number of fused-ring (bicyclic) bond motifs is 1. The van der Waals surface area contributed by atoms with Crippen molar-refractivity contribution < 1.29 is 0 Å². The first-order chi connectivity index (χ1) is 13.8. The van der Waals surface area contributed by atoms with Crippen LogP contribution in [0.1, 0.15) is 37.8 Å². The lowest BCUT2D eigenvalue weighted by Crippen LogP contribution is -2.20. The number of hydrogen-bond donors (Lipinski definition) is 0. The molecule has 1 aliphatic heterocycles. The van der Waals surface area contributed by atoms with Crippen molar-refractivity contribution in [1.29, 1.82) is 0 Å². The minimum Gasteiger partial charge on any atom is -0.275 e. The highest BCUT2D eigenvalue weighted by molar-refractivity contribution is 5.85. The molecular formula is C24H28N4. The lowest BCUT2D eigenvalue weighted by molar-refractivity contribution is 0.288. The molecule has 0 atom stereocenters. The molecule has 0 bridgehead atoms. The van der Waals surface area contributed by atoms with Crippen LogP contribution in [0.15, 0.2) is 83.4 Å². The number of hydrogen-bond acceptors (Lipinski definition) is 4. The van der Waals surface area contributed by atoms with E-state index in [0.29, 0.717) is 0 Å². The summed E-state index contributed by atoms with van der Waals surface area (Å²) in [5.74, 6) is 0. The Labute approximate surface area is 167 Å². The molecule has 4 rings (SSSR count). The standard InChI is InChI=1S/C16H18N4.C8H10/c1-2-3-9-20-10-7-16(18-19-20)14-4-5-15-12-17-8-6-13(15)11-14;1-2-8-6-4-3-5-7-8/h4-8,11-12H,2-3,9-10H2,1H3;3-7H,2H2,1H3. The van der Waals surface area contributed by atoms with Crippen LogP contribution in [0.4, 0.5) is 0 Å². The van der Waals surface area contributed by atoms with Gasteiger partial charge in [0.2, 0.25) is 0 Å². The van der Waals surface area contributed by atoms with Crippen LogP contribution in [0.5, 0.6) is 0 Å². The highest BCUT2D eigenvalue weighted by Gasteiger charge is 2.09. The van der Waals surface area contributed by atoms with Crippen LogP contribution in [0.3, 0.4) is 0 Å². The van der Waals surface area contributed by atoms with Gasteiger partial charge in [-0.2, -0.15) is 0 Å². The molecule has 144 valence electrons. The van der Waals surface area contributed by atoms with E-state index in [4.69, 9.17) is 0 Å². The van der Waals surface area contributed by atoms with Gasteiger partial charge in [-0.05, 0) is 42.0 Å². The van der Waals surface area contributed by atoms with E-state index in [-0.39, 0.29) is 0 Å². The third-order valence-corrected chi connectivity index (χ3v) is 4.73. The van der Waals surface area contributed by atoms with Crippen LogP contribution in [-0.4, -0.2) is 23.1 Å². The number of nitrogens with zero attached hydrogens (tertiary/aromatic N) is 4. The fourth-order valence-electron chi connectivity index (χ4n) is 2.99. The van der Waals surface area contributed by atoms with Crippen molar-refractivity contribution in [3.8, 4) is 0 Å². The second-order valence-electron chi connectivity index (χ2n) is 6.82. The van der Waals surface area contributed by atoms with E-state index in [2.05, 4.69) is 77.7 Å². The molecule has 4 nitrogen and oxygen atoms in total. The molecule has 0 amide bonds. The van der Waals surface area contributed by atoms with Crippen LogP contribution in [0, 0.1) is 0 Å². The van der Waals surface area contributed by atoms with Crippen LogP contribution >= 0.6 is 0 Å². The van der Waals surface area contributed by atoms with Gasteiger partial charge in [0.1, 0.15) is 0 Å². The van der Waals surface area contributed by atoms with Gasteiger partial charge >= 0.3 is 0 Å². The summed E-state index contributed by atoms with van der Waals surface area (Å²) in [7, 11) is 0. The van der Waals surface area contributed by atoms with Gasteiger partial charge in [-0.3, -0.25) is 9.99 Å². The quantitative estimate of drug-likeness (QED) is 0.527. The molecule has 0 fully saturated rings. The molecule has 4 heteroatoms. The minimum absolute atomic E-state index is 0.840. The van der Waals surface area contributed by atoms with E-state index in [1.54, 1.807) is 0 Å². The smallest absolute Gasteiger partial charge is 0.0925 e. The van der Waals surface area contributed by atoms with E-state index in [1.165, 1.54) is 17.4 Å². The minimum atomic E-state index is 0.840. The summed E-state index contributed by atoms with van der Waals surface area (Å²) in [6.07, 6.45) is 9.32. The highest BCUT2D eigenvalue weighted by Crippen LogP contribution is 2.24. The van der Waals surface area contributed by atoms with Crippen LogP contribution in [0.2, 0.25) is 0 Å². The molecule has 3 aromatic rings. The van der Waals surface area contributed by atoms with Gasteiger partial charge in [-0.1, -0.05) is 68.0 Å². The second kappa shape index (κ2) is 10.4. The molecule has 0 spiro atoms. The number of pyridine rings is 1. The average Bonchev–Trinajstić information content (AvgIpc) is 2.78. The molecule has 0 saturated carbocycles. The predicted octanol–water partition coefficient (Wildman–Crippen LogP) is 6.31. The Hall–Kier alpha value is -3.01. The number of aryl methyl sites for hydroxylation is 1. The van der Waals surface area contributed by atoms with Crippen molar-refractivity contribution in [3.05, 3.63) is 84.2 Å². The Morgan fingerprint density at radius 3 is 2.50 bits per heavy atom. The van der Waals surface area contributed by atoms with E-state index in [1.807, 2.05) is 29.5 Å². The van der Waals surface area contributed by atoms with Gasteiger partial charge in [-0.15, -0.1) is 5.11 Å².